The number of carbonyl (C=O) groups is 1. The monoisotopic (exact) mass is 402 g/mol. The molecule has 0 radical (unpaired) electrons. The predicted octanol–water partition coefficient (Wildman–Crippen LogP) is 4.59. The van der Waals surface area contributed by atoms with Gasteiger partial charge in [0.05, 0.1) is 0 Å². The van der Waals surface area contributed by atoms with E-state index < -0.39 is 12.0 Å². The number of halogens is 3. The third-order valence-corrected chi connectivity index (χ3v) is 3.97. The Kier molecular flexibility index (Phi) is 9.83. The third kappa shape index (κ3) is 8.06. The number of nitrogens with zero attached hydrogens (tertiary/aromatic N) is 1. The van der Waals surface area contributed by atoms with Gasteiger partial charge in [0, 0.05) is 0 Å². The molecular weight excluding hydrogens is 383 g/mol. The van der Waals surface area contributed by atoms with Gasteiger partial charge in [0.1, 0.15) is 23.0 Å². The summed E-state index contributed by atoms with van der Waals surface area (Å²) in [6.07, 6.45) is 3.44. The van der Waals surface area contributed by atoms with Crippen molar-refractivity contribution < 1.29 is 9.53 Å². The van der Waals surface area contributed by atoms with Crippen LogP contribution in [0.2, 0.25) is 10.3 Å². The first-order chi connectivity index (χ1) is 11.5. The molecule has 1 aromatic carbocycles. The standard InChI is InChI=1S/C18H20Cl2N2O2.ClH/c19-16-10-14(11-17(20)22-16)12-24-18(23)15(21)9-5-4-8-13-6-2-1-3-7-13;/h1-3,6-7,10-11,15H,4-5,8-9,12,21H2;1H/t15-;/m0./s1. The summed E-state index contributed by atoms with van der Waals surface area (Å²) >= 11 is 11.6. The fraction of sp³-hybridized carbons (Fsp3) is 0.333. The maximum absolute atomic E-state index is 11.9. The van der Waals surface area contributed by atoms with E-state index in [0.29, 0.717) is 12.0 Å². The number of nitrogens with two attached hydrogens (primary N) is 1. The van der Waals surface area contributed by atoms with Crippen LogP contribution in [0.4, 0.5) is 0 Å². The molecule has 0 unspecified atom stereocenters. The van der Waals surface area contributed by atoms with Gasteiger partial charge in [-0.15, -0.1) is 12.4 Å². The summed E-state index contributed by atoms with van der Waals surface area (Å²) in [5.74, 6) is -0.418. The van der Waals surface area contributed by atoms with Crippen LogP contribution in [-0.2, 0) is 22.6 Å². The number of rotatable bonds is 8. The molecule has 0 saturated heterocycles. The number of hydrogen-bond donors (Lipinski definition) is 1. The minimum Gasteiger partial charge on any atom is -0.460 e. The largest absolute Gasteiger partial charge is 0.460 e. The Hall–Kier alpha value is -1.33. The van der Waals surface area contributed by atoms with E-state index in [9.17, 15) is 4.79 Å². The van der Waals surface area contributed by atoms with Gasteiger partial charge in [-0.05, 0) is 42.5 Å². The average molecular weight is 404 g/mol. The van der Waals surface area contributed by atoms with Gasteiger partial charge in [0.25, 0.3) is 0 Å². The molecule has 0 aliphatic heterocycles. The number of hydrogen-bond acceptors (Lipinski definition) is 4. The lowest BCUT2D eigenvalue weighted by molar-refractivity contribution is -0.146. The van der Waals surface area contributed by atoms with Crippen molar-refractivity contribution in [3.05, 3.63) is 63.9 Å². The normalized spacial score (nSPS) is 11.5. The van der Waals surface area contributed by atoms with Crippen molar-refractivity contribution in [3.8, 4) is 0 Å². The smallest absolute Gasteiger partial charge is 0.323 e. The van der Waals surface area contributed by atoms with Gasteiger partial charge < -0.3 is 10.5 Å². The molecule has 4 nitrogen and oxygen atoms in total. The number of aryl methyl sites for hydroxylation is 1. The van der Waals surface area contributed by atoms with Crippen LogP contribution in [0, 0.1) is 0 Å². The molecule has 25 heavy (non-hydrogen) atoms. The van der Waals surface area contributed by atoms with Crippen LogP contribution >= 0.6 is 35.6 Å². The van der Waals surface area contributed by atoms with Gasteiger partial charge in [-0.1, -0.05) is 60.0 Å². The Morgan fingerprint density at radius 1 is 1.08 bits per heavy atom. The van der Waals surface area contributed by atoms with E-state index in [0.717, 1.165) is 19.3 Å². The van der Waals surface area contributed by atoms with Crippen LogP contribution in [0.1, 0.15) is 30.4 Å². The maximum Gasteiger partial charge on any atom is 0.323 e. The van der Waals surface area contributed by atoms with Crippen LogP contribution < -0.4 is 5.73 Å². The van der Waals surface area contributed by atoms with Gasteiger partial charge in [-0.25, -0.2) is 4.98 Å². The molecule has 1 heterocycles. The van der Waals surface area contributed by atoms with Crippen LogP contribution in [-0.4, -0.2) is 17.0 Å². The molecule has 1 atom stereocenters. The van der Waals surface area contributed by atoms with E-state index in [2.05, 4.69) is 17.1 Å². The zero-order valence-corrected chi connectivity index (χ0v) is 16.0. The highest BCUT2D eigenvalue weighted by molar-refractivity contribution is 6.32. The fourth-order valence-electron chi connectivity index (χ4n) is 2.31. The summed E-state index contributed by atoms with van der Waals surface area (Å²) in [6.45, 7) is 0.0819. The second-order valence-electron chi connectivity index (χ2n) is 5.57. The number of benzene rings is 1. The Morgan fingerprint density at radius 2 is 1.72 bits per heavy atom. The Bertz CT molecular complexity index is 648. The second kappa shape index (κ2) is 11.3. The molecule has 136 valence electrons. The first kappa shape index (κ1) is 21.7. The first-order valence-electron chi connectivity index (χ1n) is 7.82. The number of unbranched alkanes of at least 4 members (excludes halogenated alkanes) is 1. The molecule has 0 saturated carbocycles. The molecule has 0 amide bonds. The average Bonchev–Trinajstić information content (AvgIpc) is 2.56. The molecule has 2 aromatic rings. The third-order valence-electron chi connectivity index (χ3n) is 3.58. The summed E-state index contributed by atoms with van der Waals surface area (Å²) in [5, 5.41) is 0.525. The topological polar surface area (TPSA) is 65.2 Å². The van der Waals surface area contributed by atoms with Gasteiger partial charge in [-0.3, -0.25) is 4.79 Å². The van der Waals surface area contributed by atoms with Crippen LogP contribution in [0.25, 0.3) is 0 Å². The Morgan fingerprint density at radius 3 is 2.36 bits per heavy atom. The number of aromatic nitrogens is 1. The lowest BCUT2D eigenvalue weighted by Gasteiger charge is -2.12. The molecule has 0 fully saturated rings. The van der Waals surface area contributed by atoms with Crippen molar-refractivity contribution in [3.63, 3.8) is 0 Å². The van der Waals surface area contributed by atoms with E-state index in [4.69, 9.17) is 33.7 Å². The lowest BCUT2D eigenvalue weighted by Crippen LogP contribution is -2.32. The molecule has 2 rings (SSSR count). The van der Waals surface area contributed by atoms with Crippen molar-refractivity contribution in [1.29, 1.82) is 0 Å². The summed E-state index contributed by atoms with van der Waals surface area (Å²) in [4.78, 5) is 15.8. The van der Waals surface area contributed by atoms with Crippen molar-refractivity contribution >= 4 is 41.6 Å². The van der Waals surface area contributed by atoms with E-state index in [1.54, 1.807) is 12.1 Å². The second-order valence-corrected chi connectivity index (χ2v) is 6.34. The maximum atomic E-state index is 11.9. The van der Waals surface area contributed by atoms with Crippen LogP contribution in [0.15, 0.2) is 42.5 Å². The van der Waals surface area contributed by atoms with Gasteiger partial charge >= 0.3 is 5.97 Å². The highest BCUT2D eigenvalue weighted by Gasteiger charge is 2.15. The lowest BCUT2D eigenvalue weighted by atomic mass is 10.0. The molecule has 0 spiro atoms. The molecule has 0 aliphatic carbocycles. The summed E-state index contributed by atoms with van der Waals surface area (Å²) in [7, 11) is 0. The quantitative estimate of drug-likeness (QED) is 0.397. The van der Waals surface area contributed by atoms with Crippen molar-refractivity contribution in [1.82, 2.24) is 4.98 Å². The summed E-state index contributed by atoms with van der Waals surface area (Å²) in [6, 6.07) is 12.8. The fourth-order valence-corrected chi connectivity index (χ4v) is 2.82. The van der Waals surface area contributed by atoms with E-state index in [-0.39, 0.29) is 29.3 Å². The van der Waals surface area contributed by atoms with Crippen molar-refractivity contribution in [2.45, 2.75) is 38.3 Å². The predicted molar refractivity (Wildman–Crippen MR) is 103 cm³/mol. The highest BCUT2D eigenvalue weighted by Crippen LogP contribution is 2.16. The zero-order valence-electron chi connectivity index (χ0n) is 13.7. The molecular formula is C18H21Cl3N2O2. The highest BCUT2D eigenvalue weighted by atomic mass is 35.5. The van der Waals surface area contributed by atoms with Crippen molar-refractivity contribution in [2.24, 2.45) is 5.73 Å². The molecule has 0 aliphatic rings. The van der Waals surface area contributed by atoms with E-state index in [1.165, 1.54) is 5.56 Å². The first-order valence-corrected chi connectivity index (χ1v) is 8.58. The van der Waals surface area contributed by atoms with Crippen LogP contribution in [0.5, 0.6) is 0 Å². The molecule has 2 N–H and O–H groups in total. The number of esters is 1. The number of pyridine rings is 1. The van der Waals surface area contributed by atoms with Crippen molar-refractivity contribution in [2.75, 3.05) is 0 Å². The zero-order chi connectivity index (χ0) is 17.4. The molecule has 0 bridgehead atoms. The van der Waals surface area contributed by atoms with Gasteiger partial charge in [-0.2, -0.15) is 0 Å². The number of ether oxygens (including phenoxy) is 1. The van der Waals surface area contributed by atoms with E-state index >= 15 is 0 Å². The summed E-state index contributed by atoms with van der Waals surface area (Å²) in [5.41, 5.74) is 7.86. The SMILES string of the molecule is Cl.N[C@@H](CCCCc1ccccc1)C(=O)OCc1cc(Cl)nc(Cl)c1. The Labute approximate surface area is 164 Å². The summed E-state index contributed by atoms with van der Waals surface area (Å²) < 4.78 is 5.21. The van der Waals surface area contributed by atoms with Gasteiger partial charge in [0.2, 0.25) is 0 Å². The number of carbonyl (C=O) groups excluding carboxylic acids is 1. The minimum absolute atomic E-state index is 0. The Balaban J connectivity index is 0.00000312. The van der Waals surface area contributed by atoms with Gasteiger partial charge in [0.15, 0.2) is 0 Å². The van der Waals surface area contributed by atoms with E-state index in [1.807, 2.05) is 18.2 Å². The molecule has 1 aromatic heterocycles. The minimum atomic E-state index is -0.617. The molecule has 7 heteroatoms. The van der Waals surface area contributed by atoms with Crippen LogP contribution in [0.3, 0.4) is 0 Å².